The molecular formula is C17H26N2O. The molecule has 0 aromatic carbocycles. The van der Waals surface area contributed by atoms with Crippen LogP contribution in [0.25, 0.3) is 6.08 Å². The summed E-state index contributed by atoms with van der Waals surface area (Å²) in [6.45, 7) is 7.47. The van der Waals surface area contributed by atoms with E-state index in [0.717, 1.165) is 31.4 Å². The zero-order valence-corrected chi connectivity index (χ0v) is 12.9. The quantitative estimate of drug-likeness (QED) is 0.818. The van der Waals surface area contributed by atoms with Gasteiger partial charge in [0.15, 0.2) is 0 Å². The highest BCUT2D eigenvalue weighted by Gasteiger charge is 2.15. The molecule has 0 bridgehead atoms. The SMILES string of the molecule is CCCn1c(C)cc(C=CC(=O)NC2CCCC2)c1C. The summed E-state index contributed by atoms with van der Waals surface area (Å²) >= 11 is 0. The fourth-order valence-electron chi connectivity index (χ4n) is 3.05. The summed E-state index contributed by atoms with van der Waals surface area (Å²) < 4.78 is 2.31. The predicted octanol–water partition coefficient (Wildman–Crippen LogP) is 3.59. The van der Waals surface area contributed by atoms with E-state index in [1.807, 2.05) is 6.08 Å². The Bertz CT molecular complexity index is 493. The maximum absolute atomic E-state index is 11.9. The number of nitrogens with one attached hydrogen (secondary N) is 1. The van der Waals surface area contributed by atoms with E-state index >= 15 is 0 Å². The minimum atomic E-state index is 0.0391. The van der Waals surface area contributed by atoms with Crippen LogP contribution in [-0.2, 0) is 11.3 Å². The van der Waals surface area contributed by atoms with E-state index in [1.54, 1.807) is 6.08 Å². The number of carbonyl (C=O) groups excluding carboxylic acids is 1. The minimum absolute atomic E-state index is 0.0391. The largest absolute Gasteiger partial charge is 0.350 e. The van der Waals surface area contributed by atoms with Gasteiger partial charge < -0.3 is 9.88 Å². The van der Waals surface area contributed by atoms with E-state index in [9.17, 15) is 4.79 Å². The highest BCUT2D eigenvalue weighted by molar-refractivity contribution is 5.92. The summed E-state index contributed by atoms with van der Waals surface area (Å²) in [4.78, 5) is 11.9. The molecule has 1 aliphatic rings. The van der Waals surface area contributed by atoms with Crippen LogP contribution in [0, 0.1) is 13.8 Å². The Kier molecular flexibility index (Phi) is 5.05. The lowest BCUT2D eigenvalue weighted by molar-refractivity contribution is -0.117. The molecule has 0 aliphatic heterocycles. The van der Waals surface area contributed by atoms with Crippen LogP contribution in [0.5, 0.6) is 0 Å². The molecule has 0 atom stereocenters. The molecule has 1 saturated carbocycles. The third-order valence-electron chi connectivity index (χ3n) is 4.18. The van der Waals surface area contributed by atoms with Crippen molar-refractivity contribution in [1.29, 1.82) is 0 Å². The molecule has 2 rings (SSSR count). The number of hydrogen-bond donors (Lipinski definition) is 1. The molecule has 110 valence electrons. The van der Waals surface area contributed by atoms with Crippen molar-refractivity contribution in [1.82, 2.24) is 9.88 Å². The van der Waals surface area contributed by atoms with Gasteiger partial charge in [-0.1, -0.05) is 19.8 Å². The van der Waals surface area contributed by atoms with Crippen LogP contribution in [0.3, 0.4) is 0 Å². The zero-order valence-electron chi connectivity index (χ0n) is 12.9. The van der Waals surface area contributed by atoms with Gasteiger partial charge in [0, 0.05) is 30.1 Å². The molecule has 1 fully saturated rings. The number of rotatable bonds is 5. The molecule has 0 spiro atoms. The molecule has 1 amide bonds. The average Bonchev–Trinajstić information content (AvgIpc) is 3.00. The Hall–Kier alpha value is -1.51. The zero-order chi connectivity index (χ0) is 14.5. The van der Waals surface area contributed by atoms with Gasteiger partial charge in [-0.25, -0.2) is 0 Å². The van der Waals surface area contributed by atoms with Crippen LogP contribution in [0.4, 0.5) is 0 Å². The monoisotopic (exact) mass is 274 g/mol. The Morgan fingerprint density at radius 2 is 2.10 bits per heavy atom. The van der Waals surface area contributed by atoms with Gasteiger partial charge in [-0.05, 0) is 50.8 Å². The Morgan fingerprint density at radius 1 is 1.40 bits per heavy atom. The van der Waals surface area contributed by atoms with Crippen molar-refractivity contribution in [3.8, 4) is 0 Å². The lowest BCUT2D eigenvalue weighted by Crippen LogP contribution is -2.30. The topological polar surface area (TPSA) is 34.0 Å². The fourth-order valence-corrected chi connectivity index (χ4v) is 3.05. The summed E-state index contributed by atoms with van der Waals surface area (Å²) in [5, 5.41) is 3.08. The molecule has 0 saturated heterocycles. The van der Waals surface area contributed by atoms with Gasteiger partial charge in [-0.2, -0.15) is 0 Å². The molecule has 20 heavy (non-hydrogen) atoms. The van der Waals surface area contributed by atoms with Crippen LogP contribution >= 0.6 is 0 Å². The van der Waals surface area contributed by atoms with Crippen LogP contribution < -0.4 is 5.32 Å². The molecule has 0 radical (unpaired) electrons. The van der Waals surface area contributed by atoms with E-state index in [4.69, 9.17) is 0 Å². The molecule has 1 aromatic rings. The third kappa shape index (κ3) is 3.53. The van der Waals surface area contributed by atoms with E-state index in [0.29, 0.717) is 6.04 Å². The summed E-state index contributed by atoms with van der Waals surface area (Å²) in [5.74, 6) is 0.0391. The average molecular weight is 274 g/mol. The van der Waals surface area contributed by atoms with Crippen molar-refractivity contribution in [3.05, 3.63) is 29.1 Å². The highest BCUT2D eigenvalue weighted by atomic mass is 16.1. The predicted molar refractivity (Wildman–Crippen MR) is 83.6 cm³/mol. The first-order chi connectivity index (χ1) is 9.61. The summed E-state index contributed by atoms with van der Waals surface area (Å²) in [7, 11) is 0. The summed E-state index contributed by atoms with van der Waals surface area (Å²) in [5.41, 5.74) is 3.66. The second-order valence-electron chi connectivity index (χ2n) is 5.80. The maximum atomic E-state index is 11.9. The van der Waals surface area contributed by atoms with Gasteiger partial charge in [0.25, 0.3) is 0 Å². The van der Waals surface area contributed by atoms with Crippen LogP contribution in [0.15, 0.2) is 12.1 Å². The van der Waals surface area contributed by atoms with Gasteiger partial charge in [0.05, 0.1) is 0 Å². The van der Waals surface area contributed by atoms with E-state index in [2.05, 4.69) is 36.7 Å². The number of carbonyl (C=O) groups is 1. The molecule has 1 heterocycles. The van der Waals surface area contributed by atoms with Crippen LogP contribution in [0.2, 0.25) is 0 Å². The standard InChI is InChI=1S/C17H26N2O/c1-4-11-19-13(2)12-15(14(19)3)9-10-17(20)18-16-7-5-6-8-16/h9-10,12,16H,4-8,11H2,1-3H3,(H,18,20). The molecule has 1 aliphatic carbocycles. The normalized spacial score (nSPS) is 16.1. The van der Waals surface area contributed by atoms with E-state index in [-0.39, 0.29) is 5.91 Å². The molecule has 1 N–H and O–H groups in total. The molecule has 3 heteroatoms. The molecule has 1 aromatic heterocycles. The molecular weight excluding hydrogens is 248 g/mol. The number of nitrogens with zero attached hydrogens (tertiary/aromatic N) is 1. The second-order valence-corrected chi connectivity index (χ2v) is 5.80. The Balaban J connectivity index is 1.99. The first-order valence-electron chi connectivity index (χ1n) is 7.77. The van der Waals surface area contributed by atoms with Gasteiger partial charge in [0.1, 0.15) is 0 Å². The van der Waals surface area contributed by atoms with E-state index in [1.165, 1.54) is 24.2 Å². The van der Waals surface area contributed by atoms with Gasteiger partial charge in [0.2, 0.25) is 5.91 Å². The first-order valence-corrected chi connectivity index (χ1v) is 7.77. The van der Waals surface area contributed by atoms with Crippen LogP contribution in [-0.4, -0.2) is 16.5 Å². The van der Waals surface area contributed by atoms with Gasteiger partial charge in [-0.15, -0.1) is 0 Å². The van der Waals surface area contributed by atoms with E-state index < -0.39 is 0 Å². The maximum Gasteiger partial charge on any atom is 0.244 e. The molecule has 3 nitrogen and oxygen atoms in total. The number of aromatic nitrogens is 1. The third-order valence-corrected chi connectivity index (χ3v) is 4.18. The highest BCUT2D eigenvalue weighted by Crippen LogP contribution is 2.18. The van der Waals surface area contributed by atoms with Crippen molar-refractivity contribution in [2.45, 2.75) is 65.5 Å². The van der Waals surface area contributed by atoms with Crippen LogP contribution in [0.1, 0.15) is 56.0 Å². The summed E-state index contributed by atoms with van der Waals surface area (Å²) in [6.07, 6.45) is 9.49. The second kappa shape index (κ2) is 6.78. The first kappa shape index (κ1) is 14.9. The summed E-state index contributed by atoms with van der Waals surface area (Å²) in [6, 6.07) is 2.55. The Morgan fingerprint density at radius 3 is 2.75 bits per heavy atom. The van der Waals surface area contributed by atoms with Crippen molar-refractivity contribution < 1.29 is 4.79 Å². The lowest BCUT2D eigenvalue weighted by Gasteiger charge is -2.09. The van der Waals surface area contributed by atoms with Crippen molar-refractivity contribution in [3.63, 3.8) is 0 Å². The lowest BCUT2D eigenvalue weighted by atomic mass is 10.2. The number of aryl methyl sites for hydroxylation is 1. The van der Waals surface area contributed by atoms with Crippen molar-refractivity contribution in [2.24, 2.45) is 0 Å². The Labute approximate surface area is 122 Å². The molecule has 0 unspecified atom stereocenters. The fraction of sp³-hybridized carbons (Fsp3) is 0.588. The van der Waals surface area contributed by atoms with Crippen molar-refractivity contribution >= 4 is 12.0 Å². The van der Waals surface area contributed by atoms with Gasteiger partial charge in [-0.3, -0.25) is 4.79 Å². The van der Waals surface area contributed by atoms with Gasteiger partial charge >= 0.3 is 0 Å². The smallest absolute Gasteiger partial charge is 0.244 e. The minimum Gasteiger partial charge on any atom is -0.350 e. The van der Waals surface area contributed by atoms with Crippen molar-refractivity contribution in [2.75, 3.05) is 0 Å². The number of amides is 1. The number of hydrogen-bond acceptors (Lipinski definition) is 1.